The van der Waals surface area contributed by atoms with Gasteiger partial charge in [-0.25, -0.2) is 0 Å². The number of hydrogen-bond donors (Lipinski definition) is 1. The molecule has 0 fully saturated rings. The van der Waals surface area contributed by atoms with E-state index in [9.17, 15) is 0 Å². The second-order valence-corrected chi connectivity index (χ2v) is 4.10. The van der Waals surface area contributed by atoms with Crippen molar-refractivity contribution in [2.75, 3.05) is 5.32 Å². The highest BCUT2D eigenvalue weighted by Gasteiger charge is 2.03. The van der Waals surface area contributed by atoms with E-state index in [1.54, 1.807) is 12.3 Å². The Kier molecular flexibility index (Phi) is 3.88. The van der Waals surface area contributed by atoms with Crippen LogP contribution in [0.4, 0.5) is 11.5 Å². The van der Waals surface area contributed by atoms with Crippen LogP contribution >= 0.6 is 11.6 Å². The number of nitrogens with one attached hydrogen (secondary N) is 1. The minimum Gasteiger partial charge on any atom is -0.337 e. The van der Waals surface area contributed by atoms with Gasteiger partial charge >= 0.3 is 0 Å². The quantitative estimate of drug-likeness (QED) is 0.903. The number of aryl methyl sites for hydroxylation is 1. The predicted octanol–water partition coefficient (Wildman–Crippen LogP) is 3.22. The first-order valence-electron chi connectivity index (χ1n) is 5.49. The molecule has 0 spiro atoms. The van der Waals surface area contributed by atoms with Crippen molar-refractivity contribution in [1.29, 1.82) is 0 Å². The second kappa shape index (κ2) is 5.59. The molecule has 0 bridgehead atoms. The lowest BCUT2D eigenvalue weighted by Gasteiger charge is -2.08. The monoisotopic (exact) mass is 248 g/mol. The predicted molar refractivity (Wildman–Crippen MR) is 68.6 cm³/mol. The number of hydrogen-bond acceptors (Lipinski definition) is 4. The van der Waals surface area contributed by atoms with E-state index in [1.807, 2.05) is 12.1 Å². The summed E-state index contributed by atoms with van der Waals surface area (Å²) in [5.41, 5.74) is 2.07. The SMILES string of the molecule is CCCc1ccc(Nc2ccnnn2)c(Cl)c1. The Bertz CT molecular complexity index is 487. The Morgan fingerprint density at radius 2 is 2.18 bits per heavy atom. The summed E-state index contributed by atoms with van der Waals surface area (Å²) in [5.74, 6) is 0.630. The first-order valence-corrected chi connectivity index (χ1v) is 5.87. The fourth-order valence-corrected chi connectivity index (χ4v) is 1.80. The molecule has 0 atom stereocenters. The third-order valence-corrected chi connectivity index (χ3v) is 2.65. The number of aromatic nitrogens is 3. The van der Waals surface area contributed by atoms with Crippen molar-refractivity contribution < 1.29 is 0 Å². The van der Waals surface area contributed by atoms with Crippen LogP contribution in [0.2, 0.25) is 5.02 Å². The van der Waals surface area contributed by atoms with Crippen molar-refractivity contribution in [2.45, 2.75) is 19.8 Å². The average Bonchev–Trinajstić information content (AvgIpc) is 2.34. The molecule has 5 heteroatoms. The van der Waals surface area contributed by atoms with Crippen LogP contribution in [0.15, 0.2) is 30.5 Å². The molecule has 0 aliphatic carbocycles. The minimum atomic E-state index is 0.630. The molecule has 0 unspecified atom stereocenters. The maximum Gasteiger partial charge on any atom is 0.156 e. The van der Waals surface area contributed by atoms with Gasteiger partial charge in [0.05, 0.1) is 16.9 Å². The molecule has 2 rings (SSSR count). The molecule has 1 heterocycles. The Labute approximate surface area is 105 Å². The molecule has 0 saturated carbocycles. The summed E-state index contributed by atoms with van der Waals surface area (Å²) in [6, 6.07) is 7.73. The van der Waals surface area contributed by atoms with Crippen LogP contribution in [-0.4, -0.2) is 15.4 Å². The Morgan fingerprint density at radius 3 is 2.82 bits per heavy atom. The lowest BCUT2D eigenvalue weighted by Crippen LogP contribution is -1.97. The van der Waals surface area contributed by atoms with E-state index in [0.29, 0.717) is 10.8 Å². The third-order valence-electron chi connectivity index (χ3n) is 2.34. The molecule has 2 aromatic rings. The second-order valence-electron chi connectivity index (χ2n) is 3.70. The lowest BCUT2D eigenvalue weighted by atomic mass is 10.1. The first kappa shape index (κ1) is 11.8. The smallest absolute Gasteiger partial charge is 0.156 e. The van der Waals surface area contributed by atoms with E-state index in [0.717, 1.165) is 18.5 Å². The van der Waals surface area contributed by atoms with Crippen molar-refractivity contribution in [3.63, 3.8) is 0 Å². The van der Waals surface area contributed by atoms with E-state index < -0.39 is 0 Å². The highest BCUT2D eigenvalue weighted by Crippen LogP contribution is 2.25. The van der Waals surface area contributed by atoms with Crippen molar-refractivity contribution in [2.24, 2.45) is 0 Å². The van der Waals surface area contributed by atoms with Crippen molar-refractivity contribution in [3.8, 4) is 0 Å². The van der Waals surface area contributed by atoms with Crippen molar-refractivity contribution in [1.82, 2.24) is 15.4 Å². The Balaban J connectivity index is 2.17. The normalized spacial score (nSPS) is 10.2. The number of benzene rings is 1. The minimum absolute atomic E-state index is 0.630. The molecule has 0 amide bonds. The van der Waals surface area contributed by atoms with Crippen molar-refractivity contribution in [3.05, 3.63) is 41.0 Å². The van der Waals surface area contributed by atoms with Crippen molar-refractivity contribution >= 4 is 23.1 Å². The number of halogens is 1. The van der Waals surface area contributed by atoms with E-state index in [4.69, 9.17) is 11.6 Å². The molecule has 88 valence electrons. The molecule has 1 aromatic heterocycles. The van der Waals surface area contributed by atoms with E-state index in [2.05, 4.69) is 33.7 Å². The fourth-order valence-electron chi connectivity index (χ4n) is 1.55. The van der Waals surface area contributed by atoms with E-state index in [-0.39, 0.29) is 0 Å². The average molecular weight is 249 g/mol. The standard InChI is InChI=1S/C12H13ClN4/c1-2-3-9-4-5-11(10(13)8-9)15-12-6-7-14-17-16-12/h4-8H,2-3H2,1H3,(H,14,15,16). The molecule has 0 radical (unpaired) electrons. The summed E-state index contributed by atoms with van der Waals surface area (Å²) in [6.07, 6.45) is 3.72. The zero-order valence-electron chi connectivity index (χ0n) is 9.52. The molecule has 0 aliphatic heterocycles. The number of nitrogens with zero attached hydrogens (tertiary/aromatic N) is 3. The number of anilines is 2. The first-order chi connectivity index (χ1) is 8.29. The van der Waals surface area contributed by atoms with Gasteiger partial charge in [0.1, 0.15) is 0 Å². The van der Waals surface area contributed by atoms with Gasteiger partial charge in [-0.15, -0.1) is 10.2 Å². The summed E-state index contributed by atoms with van der Waals surface area (Å²) in [5, 5.41) is 14.8. The third kappa shape index (κ3) is 3.14. The van der Waals surface area contributed by atoms with Crippen LogP contribution in [0.1, 0.15) is 18.9 Å². The highest BCUT2D eigenvalue weighted by molar-refractivity contribution is 6.33. The van der Waals surface area contributed by atoms with Crippen LogP contribution in [0.3, 0.4) is 0 Å². The van der Waals surface area contributed by atoms with Gasteiger partial charge < -0.3 is 5.32 Å². The molecular formula is C12H13ClN4. The Hall–Kier alpha value is -1.68. The van der Waals surface area contributed by atoms with Crippen LogP contribution < -0.4 is 5.32 Å². The van der Waals surface area contributed by atoms with Gasteiger partial charge in [-0.3, -0.25) is 0 Å². The maximum atomic E-state index is 6.19. The van der Waals surface area contributed by atoms with Gasteiger partial charge in [0, 0.05) is 6.07 Å². The molecule has 1 aromatic carbocycles. The Morgan fingerprint density at radius 1 is 1.29 bits per heavy atom. The molecular weight excluding hydrogens is 236 g/mol. The van der Waals surface area contributed by atoms with Crippen LogP contribution in [0.25, 0.3) is 0 Å². The van der Waals surface area contributed by atoms with Crippen LogP contribution in [0.5, 0.6) is 0 Å². The molecule has 0 saturated heterocycles. The molecule has 1 N–H and O–H groups in total. The topological polar surface area (TPSA) is 50.7 Å². The van der Waals surface area contributed by atoms with Gasteiger partial charge in [-0.2, -0.15) is 0 Å². The fraction of sp³-hybridized carbons (Fsp3) is 0.250. The van der Waals surface area contributed by atoms with Crippen LogP contribution in [0, 0.1) is 0 Å². The van der Waals surface area contributed by atoms with Gasteiger partial charge in [-0.1, -0.05) is 31.0 Å². The largest absolute Gasteiger partial charge is 0.337 e. The molecule has 0 aliphatic rings. The lowest BCUT2D eigenvalue weighted by molar-refractivity contribution is 0.870. The summed E-state index contributed by atoms with van der Waals surface area (Å²) in [6.45, 7) is 2.15. The number of rotatable bonds is 4. The molecule has 17 heavy (non-hydrogen) atoms. The summed E-state index contributed by atoms with van der Waals surface area (Å²) < 4.78 is 0. The van der Waals surface area contributed by atoms with E-state index >= 15 is 0 Å². The van der Waals surface area contributed by atoms with Gasteiger partial charge in [0.15, 0.2) is 5.82 Å². The zero-order chi connectivity index (χ0) is 12.1. The summed E-state index contributed by atoms with van der Waals surface area (Å²) >= 11 is 6.19. The van der Waals surface area contributed by atoms with Gasteiger partial charge in [0.25, 0.3) is 0 Å². The van der Waals surface area contributed by atoms with Gasteiger partial charge in [-0.05, 0) is 29.3 Å². The van der Waals surface area contributed by atoms with E-state index in [1.165, 1.54) is 5.56 Å². The molecule has 4 nitrogen and oxygen atoms in total. The van der Waals surface area contributed by atoms with Crippen LogP contribution in [-0.2, 0) is 6.42 Å². The maximum absolute atomic E-state index is 6.19. The highest BCUT2D eigenvalue weighted by atomic mass is 35.5. The summed E-state index contributed by atoms with van der Waals surface area (Å²) in [7, 11) is 0. The summed E-state index contributed by atoms with van der Waals surface area (Å²) in [4.78, 5) is 0. The zero-order valence-corrected chi connectivity index (χ0v) is 10.3. The van der Waals surface area contributed by atoms with Gasteiger partial charge in [0.2, 0.25) is 0 Å².